The van der Waals surface area contributed by atoms with Crippen molar-refractivity contribution < 1.29 is 4.74 Å². The number of anilines is 1. The zero-order chi connectivity index (χ0) is 13.7. The van der Waals surface area contributed by atoms with Crippen LogP contribution in [-0.2, 0) is 6.54 Å². The van der Waals surface area contributed by atoms with E-state index in [1.165, 1.54) is 5.56 Å². The molecule has 1 aromatic heterocycles. The van der Waals surface area contributed by atoms with Crippen LogP contribution in [0.4, 0.5) is 5.69 Å². The van der Waals surface area contributed by atoms with Gasteiger partial charge >= 0.3 is 0 Å². The predicted molar refractivity (Wildman–Crippen MR) is 78.6 cm³/mol. The highest BCUT2D eigenvalue weighted by atomic mass is 16.5. The van der Waals surface area contributed by atoms with E-state index >= 15 is 0 Å². The molecule has 0 spiro atoms. The number of ether oxygens (including phenoxy) is 1. The van der Waals surface area contributed by atoms with Crippen molar-refractivity contribution in [3.8, 4) is 5.88 Å². The summed E-state index contributed by atoms with van der Waals surface area (Å²) in [6.45, 7) is 5.09. The number of nitrogens with zero attached hydrogens (tertiary/aromatic N) is 1. The van der Waals surface area contributed by atoms with Crippen LogP contribution in [0.2, 0.25) is 0 Å². The molecular formula is C16H20N2O. The van der Waals surface area contributed by atoms with Crippen LogP contribution in [0.15, 0.2) is 42.5 Å². The summed E-state index contributed by atoms with van der Waals surface area (Å²) in [4.78, 5) is 4.37. The molecular weight excluding hydrogens is 236 g/mol. The monoisotopic (exact) mass is 256 g/mol. The summed E-state index contributed by atoms with van der Waals surface area (Å²) in [6, 6.07) is 14.3. The minimum Gasteiger partial charge on any atom is -0.481 e. The van der Waals surface area contributed by atoms with Crippen LogP contribution in [0, 0.1) is 0 Å². The van der Waals surface area contributed by atoms with E-state index in [0.717, 1.165) is 11.4 Å². The fourth-order valence-electron chi connectivity index (χ4n) is 1.85. The molecule has 3 heteroatoms. The van der Waals surface area contributed by atoms with E-state index in [0.29, 0.717) is 18.3 Å². The normalized spacial score (nSPS) is 10.5. The van der Waals surface area contributed by atoms with Gasteiger partial charge in [0.15, 0.2) is 0 Å². The number of rotatable bonds is 5. The first kappa shape index (κ1) is 13.4. The van der Waals surface area contributed by atoms with Gasteiger partial charge in [-0.1, -0.05) is 32.0 Å². The third-order valence-electron chi connectivity index (χ3n) is 3.04. The second-order valence-corrected chi connectivity index (χ2v) is 4.80. The highest BCUT2D eigenvalue weighted by molar-refractivity contribution is 5.45. The van der Waals surface area contributed by atoms with Gasteiger partial charge in [-0.15, -0.1) is 0 Å². The Hall–Kier alpha value is -2.03. The van der Waals surface area contributed by atoms with E-state index in [1.54, 1.807) is 7.11 Å². The minimum absolute atomic E-state index is 0.564. The summed E-state index contributed by atoms with van der Waals surface area (Å²) >= 11 is 0. The van der Waals surface area contributed by atoms with Crippen molar-refractivity contribution in [2.45, 2.75) is 26.3 Å². The van der Waals surface area contributed by atoms with E-state index in [1.807, 2.05) is 18.2 Å². The van der Waals surface area contributed by atoms with Crippen molar-refractivity contribution in [2.24, 2.45) is 0 Å². The SMILES string of the molecule is COc1cccc(CNc2ccc(C(C)C)cc2)n1. The number of pyridine rings is 1. The zero-order valence-corrected chi connectivity index (χ0v) is 11.7. The van der Waals surface area contributed by atoms with Crippen molar-refractivity contribution in [3.05, 3.63) is 53.7 Å². The maximum atomic E-state index is 5.11. The number of hydrogen-bond donors (Lipinski definition) is 1. The smallest absolute Gasteiger partial charge is 0.213 e. The molecule has 0 saturated carbocycles. The van der Waals surface area contributed by atoms with E-state index < -0.39 is 0 Å². The Kier molecular flexibility index (Phi) is 4.39. The average molecular weight is 256 g/mol. The number of hydrogen-bond acceptors (Lipinski definition) is 3. The van der Waals surface area contributed by atoms with Gasteiger partial charge in [0, 0.05) is 11.8 Å². The van der Waals surface area contributed by atoms with Crippen LogP contribution in [0.5, 0.6) is 5.88 Å². The molecule has 2 rings (SSSR count). The molecule has 0 aliphatic carbocycles. The highest BCUT2D eigenvalue weighted by Gasteiger charge is 2.00. The van der Waals surface area contributed by atoms with Gasteiger partial charge in [0.25, 0.3) is 0 Å². The molecule has 0 saturated heterocycles. The number of benzene rings is 1. The second-order valence-electron chi connectivity index (χ2n) is 4.80. The van der Waals surface area contributed by atoms with E-state index in [-0.39, 0.29) is 0 Å². The molecule has 0 bridgehead atoms. The molecule has 0 aliphatic rings. The molecule has 2 aromatic rings. The largest absolute Gasteiger partial charge is 0.481 e. The summed E-state index contributed by atoms with van der Waals surface area (Å²) in [5.41, 5.74) is 3.42. The molecule has 0 aliphatic heterocycles. The molecule has 0 amide bonds. The standard InChI is InChI=1S/C16H20N2O/c1-12(2)13-7-9-14(10-8-13)17-11-15-5-4-6-16(18-15)19-3/h4-10,12,17H,11H2,1-3H3. The number of aromatic nitrogens is 1. The number of methoxy groups -OCH3 is 1. The Morgan fingerprint density at radius 2 is 1.84 bits per heavy atom. The number of nitrogens with one attached hydrogen (secondary N) is 1. The van der Waals surface area contributed by atoms with Gasteiger partial charge in [-0.05, 0) is 29.7 Å². The summed E-state index contributed by atoms with van der Waals surface area (Å²) in [7, 11) is 1.63. The van der Waals surface area contributed by atoms with Crippen molar-refractivity contribution in [1.29, 1.82) is 0 Å². The predicted octanol–water partition coefficient (Wildman–Crippen LogP) is 3.83. The van der Waals surface area contributed by atoms with Crippen molar-refractivity contribution in [2.75, 3.05) is 12.4 Å². The molecule has 1 aromatic carbocycles. The molecule has 100 valence electrons. The first-order valence-electron chi connectivity index (χ1n) is 6.53. The molecule has 0 radical (unpaired) electrons. The lowest BCUT2D eigenvalue weighted by atomic mass is 10.0. The van der Waals surface area contributed by atoms with Crippen LogP contribution < -0.4 is 10.1 Å². The molecule has 1 N–H and O–H groups in total. The highest BCUT2D eigenvalue weighted by Crippen LogP contribution is 2.17. The van der Waals surface area contributed by atoms with Gasteiger partial charge in [-0.25, -0.2) is 4.98 Å². The van der Waals surface area contributed by atoms with Gasteiger partial charge in [-0.2, -0.15) is 0 Å². The Morgan fingerprint density at radius 3 is 2.47 bits per heavy atom. The first-order chi connectivity index (χ1) is 9.19. The maximum absolute atomic E-state index is 5.11. The lowest BCUT2D eigenvalue weighted by Crippen LogP contribution is -2.02. The maximum Gasteiger partial charge on any atom is 0.213 e. The van der Waals surface area contributed by atoms with Gasteiger partial charge < -0.3 is 10.1 Å². The van der Waals surface area contributed by atoms with E-state index in [4.69, 9.17) is 4.74 Å². The van der Waals surface area contributed by atoms with Crippen LogP contribution in [0.1, 0.15) is 31.0 Å². The summed E-state index contributed by atoms with van der Waals surface area (Å²) in [5, 5.41) is 3.36. The van der Waals surface area contributed by atoms with Crippen molar-refractivity contribution in [3.63, 3.8) is 0 Å². The van der Waals surface area contributed by atoms with Gasteiger partial charge in [0.05, 0.1) is 19.3 Å². The molecule has 0 atom stereocenters. The Bertz CT molecular complexity index is 521. The van der Waals surface area contributed by atoms with Crippen LogP contribution in [0.3, 0.4) is 0 Å². The minimum atomic E-state index is 0.564. The Morgan fingerprint density at radius 1 is 1.11 bits per heavy atom. The van der Waals surface area contributed by atoms with Crippen LogP contribution in [-0.4, -0.2) is 12.1 Å². The fraction of sp³-hybridized carbons (Fsp3) is 0.312. The lowest BCUT2D eigenvalue weighted by Gasteiger charge is -2.09. The summed E-state index contributed by atoms with van der Waals surface area (Å²) in [6.07, 6.45) is 0. The van der Waals surface area contributed by atoms with Gasteiger partial charge in [0.2, 0.25) is 5.88 Å². The zero-order valence-electron chi connectivity index (χ0n) is 11.7. The first-order valence-corrected chi connectivity index (χ1v) is 6.53. The summed E-state index contributed by atoms with van der Waals surface area (Å²) < 4.78 is 5.11. The average Bonchev–Trinajstić information content (AvgIpc) is 2.46. The molecule has 0 unspecified atom stereocenters. The Labute approximate surface area is 114 Å². The van der Waals surface area contributed by atoms with Gasteiger partial charge in [-0.3, -0.25) is 0 Å². The quantitative estimate of drug-likeness (QED) is 0.883. The summed E-state index contributed by atoms with van der Waals surface area (Å²) in [5.74, 6) is 1.21. The topological polar surface area (TPSA) is 34.1 Å². The van der Waals surface area contributed by atoms with Crippen LogP contribution >= 0.6 is 0 Å². The molecule has 19 heavy (non-hydrogen) atoms. The van der Waals surface area contributed by atoms with Crippen molar-refractivity contribution >= 4 is 5.69 Å². The fourth-order valence-corrected chi connectivity index (χ4v) is 1.85. The Balaban J connectivity index is 1.98. The van der Waals surface area contributed by atoms with Crippen molar-refractivity contribution in [1.82, 2.24) is 4.98 Å². The third-order valence-corrected chi connectivity index (χ3v) is 3.04. The lowest BCUT2D eigenvalue weighted by molar-refractivity contribution is 0.396. The molecule has 3 nitrogen and oxygen atoms in total. The molecule has 1 heterocycles. The van der Waals surface area contributed by atoms with Crippen LogP contribution in [0.25, 0.3) is 0 Å². The molecule has 0 fully saturated rings. The van der Waals surface area contributed by atoms with E-state index in [9.17, 15) is 0 Å². The third kappa shape index (κ3) is 3.71. The van der Waals surface area contributed by atoms with Gasteiger partial charge in [0.1, 0.15) is 0 Å². The second kappa shape index (κ2) is 6.23. The van der Waals surface area contributed by atoms with E-state index in [2.05, 4.69) is 48.4 Å².